The molecule has 1 heterocycles. The summed E-state index contributed by atoms with van der Waals surface area (Å²) in [6.45, 7) is 26.9. The van der Waals surface area contributed by atoms with E-state index in [-0.39, 0.29) is 0 Å². The largest absolute Gasteiger partial charge is 0.410 e. The molecule has 120 valence electrons. The zero-order chi connectivity index (χ0) is 17.1. The van der Waals surface area contributed by atoms with E-state index in [1.54, 1.807) is 34.2 Å². The van der Waals surface area contributed by atoms with Gasteiger partial charge in [0.25, 0.3) is 0 Å². The van der Waals surface area contributed by atoms with Gasteiger partial charge in [-0.2, -0.15) is 0 Å². The van der Waals surface area contributed by atoms with Crippen LogP contribution >= 0.6 is 0 Å². The molecule has 0 saturated carbocycles. The van der Waals surface area contributed by atoms with Crippen molar-refractivity contribution in [3.8, 4) is 0 Å². The second-order valence-electron chi connectivity index (χ2n) is 5.11. The Bertz CT molecular complexity index is 461. The first-order chi connectivity index (χ1) is 10.2. The summed E-state index contributed by atoms with van der Waals surface area (Å²) in [7, 11) is -11.4. The smallest absolute Gasteiger partial charge is 0.374 e. The van der Waals surface area contributed by atoms with E-state index in [1.165, 1.54) is 0 Å². The van der Waals surface area contributed by atoms with Crippen LogP contribution in [-0.2, 0) is 16.5 Å². The van der Waals surface area contributed by atoms with E-state index in [9.17, 15) is 0 Å². The predicted octanol–water partition coefficient (Wildman–Crippen LogP) is 3.45. The van der Waals surface area contributed by atoms with Crippen molar-refractivity contribution in [3.05, 3.63) is 73.7 Å². The third kappa shape index (κ3) is 3.72. The van der Waals surface area contributed by atoms with Gasteiger partial charge in [-0.25, -0.2) is 0 Å². The molecule has 0 bridgehead atoms. The van der Waals surface area contributed by atoms with E-state index in [1.807, 2.05) is 13.1 Å². The molecule has 0 spiro atoms. The van der Waals surface area contributed by atoms with Crippen molar-refractivity contribution < 1.29 is 16.5 Å². The van der Waals surface area contributed by atoms with Crippen LogP contribution < -0.4 is 0 Å². The Hall–Kier alpha value is -0.852. The van der Waals surface area contributed by atoms with Crippen LogP contribution in [0.4, 0.5) is 0 Å². The fourth-order valence-corrected chi connectivity index (χ4v) is 18.8. The summed E-state index contributed by atoms with van der Waals surface area (Å²) in [4.78, 5) is 0. The average molecular weight is 369 g/mol. The third-order valence-corrected chi connectivity index (χ3v) is 18.7. The molecule has 1 rings (SSSR count). The van der Waals surface area contributed by atoms with Crippen molar-refractivity contribution in [2.45, 2.75) is 13.1 Å². The van der Waals surface area contributed by atoms with Gasteiger partial charge in [-0.15, -0.1) is 39.5 Å². The van der Waals surface area contributed by atoms with E-state index < -0.39 is 34.2 Å². The normalized spacial score (nSPS) is 33.5. The van der Waals surface area contributed by atoms with Crippen LogP contribution in [-0.4, -0.2) is 34.2 Å². The molecule has 22 heavy (non-hydrogen) atoms. The molecule has 0 N–H and O–H groups in total. The maximum atomic E-state index is 6.31. The van der Waals surface area contributed by atoms with Gasteiger partial charge in [0.05, 0.1) is 0 Å². The molecule has 0 radical (unpaired) electrons. The number of rotatable bonds is 6. The van der Waals surface area contributed by atoms with E-state index in [4.69, 9.17) is 16.5 Å². The Morgan fingerprint density at radius 2 is 0.818 bits per heavy atom. The molecule has 0 aliphatic carbocycles. The summed E-state index contributed by atoms with van der Waals surface area (Å²) in [5.41, 5.74) is 10.1. The molecule has 0 aromatic heterocycles. The van der Waals surface area contributed by atoms with Crippen LogP contribution in [0.15, 0.2) is 73.7 Å². The number of hydrogen-bond acceptors (Lipinski definition) is 4. The van der Waals surface area contributed by atoms with Crippen LogP contribution in [0, 0.1) is 0 Å². The molecular formula is C14H24O4Si4. The zero-order valence-corrected chi connectivity index (χ0v) is 17.3. The molecule has 0 amide bonds. The van der Waals surface area contributed by atoms with Gasteiger partial charge in [0.1, 0.15) is 0 Å². The quantitative estimate of drug-likeness (QED) is 0.673. The molecular weight excluding hydrogens is 344 g/mol. The topological polar surface area (TPSA) is 36.9 Å². The highest BCUT2D eigenvalue weighted by molar-refractivity contribution is 7.01. The number of hydrogen-bond donors (Lipinski definition) is 0. The Balaban J connectivity index is 3.50. The Labute approximate surface area is 137 Å². The van der Waals surface area contributed by atoms with Gasteiger partial charge in [-0.1, -0.05) is 11.4 Å². The Morgan fingerprint density at radius 1 is 0.500 bits per heavy atom. The summed E-state index contributed by atoms with van der Waals surface area (Å²) < 4.78 is 25.2. The summed E-state index contributed by atoms with van der Waals surface area (Å²) in [5.74, 6) is 0. The molecule has 1 aliphatic rings. The lowest BCUT2D eigenvalue weighted by Gasteiger charge is -2.46. The summed E-state index contributed by atoms with van der Waals surface area (Å²) in [6.07, 6.45) is 0. The molecule has 2 unspecified atom stereocenters. The highest BCUT2D eigenvalue weighted by atomic mass is 28.5. The van der Waals surface area contributed by atoms with Crippen molar-refractivity contribution in [1.29, 1.82) is 0 Å². The van der Waals surface area contributed by atoms with Crippen LogP contribution in [0.3, 0.4) is 0 Å². The van der Waals surface area contributed by atoms with E-state index in [2.05, 4.69) is 39.5 Å². The average Bonchev–Trinajstić information content (AvgIpc) is 2.52. The van der Waals surface area contributed by atoms with Gasteiger partial charge in [0.15, 0.2) is 0 Å². The van der Waals surface area contributed by atoms with Gasteiger partial charge in [0.2, 0.25) is 0 Å². The zero-order valence-electron chi connectivity index (χ0n) is 13.3. The van der Waals surface area contributed by atoms with Crippen molar-refractivity contribution >= 4 is 34.2 Å². The van der Waals surface area contributed by atoms with E-state index in [0.717, 1.165) is 0 Å². The minimum Gasteiger partial charge on any atom is -0.410 e. The highest BCUT2D eigenvalue weighted by Gasteiger charge is 2.55. The standard InChI is InChI=1S/C14H24O4Si4/c1-9-19(7)15-20(8,10-2)17-22(13-5,14-6)18-21(11-3,12-4)16-19/h9-14H,1-6H2,7-8H3. The van der Waals surface area contributed by atoms with E-state index >= 15 is 0 Å². The molecule has 2 atom stereocenters. The maximum absolute atomic E-state index is 6.31. The van der Waals surface area contributed by atoms with Crippen molar-refractivity contribution in [2.24, 2.45) is 0 Å². The molecule has 1 fully saturated rings. The fraction of sp³-hybridized carbons (Fsp3) is 0.143. The van der Waals surface area contributed by atoms with Gasteiger partial charge in [-0.05, 0) is 35.9 Å². The van der Waals surface area contributed by atoms with E-state index in [0.29, 0.717) is 0 Å². The van der Waals surface area contributed by atoms with Gasteiger partial charge < -0.3 is 16.5 Å². The fourth-order valence-electron chi connectivity index (χ4n) is 2.04. The first-order valence-corrected chi connectivity index (χ1v) is 15.5. The van der Waals surface area contributed by atoms with Crippen molar-refractivity contribution in [2.75, 3.05) is 0 Å². The SMILES string of the molecule is C=C[Si]1(C)O[Si](C)(C=C)O[Si](C=C)(C=C)O[Si](C=C)(C=C)O1. The minimum absolute atomic E-state index is 1.66. The molecule has 1 saturated heterocycles. The van der Waals surface area contributed by atoms with Gasteiger partial charge >= 0.3 is 34.2 Å². The van der Waals surface area contributed by atoms with Crippen LogP contribution in [0.1, 0.15) is 0 Å². The molecule has 4 nitrogen and oxygen atoms in total. The first kappa shape index (κ1) is 19.2. The predicted molar refractivity (Wildman–Crippen MR) is 100 cm³/mol. The minimum atomic E-state index is -2.95. The molecule has 1 aliphatic heterocycles. The third-order valence-electron chi connectivity index (χ3n) is 3.33. The molecule has 0 aromatic rings. The van der Waals surface area contributed by atoms with Gasteiger partial charge in [-0.3, -0.25) is 0 Å². The summed E-state index contributed by atoms with van der Waals surface area (Å²) in [5, 5.41) is 0. The maximum Gasteiger partial charge on any atom is 0.374 e. The monoisotopic (exact) mass is 368 g/mol. The summed E-state index contributed by atoms with van der Waals surface area (Å²) in [6, 6.07) is 0. The lowest BCUT2D eigenvalue weighted by molar-refractivity contribution is 0.256. The van der Waals surface area contributed by atoms with Crippen LogP contribution in [0.25, 0.3) is 0 Å². The lowest BCUT2D eigenvalue weighted by Crippen LogP contribution is -2.66. The molecule has 0 aromatic carbocycles. The van der Waals surface area contributed by atoms with Crippen LogP contribution in [0.5, 0.6) is 0 Å². The van der Waals surface area contributed by atoms with Crippen molar-refractivity contribution in [3.63, 3.8) is 0 Å². The Kier molecular flexibility index (Phi) is 5.87. The molecule has 8 heteroatoms. The van der Waals surface area contributed by atoms with Crippen molar-refractivity contribution in [1.82, 2.24) is 0 Å². The van der Waals surface area contributed by atoms with Crippen LogP contribution in [0.2, 0.25) is 13.1 Å². The second kappa shape index (κ2) is 6.72. The van der Waals surface area contributed by atoms with Gasteiger partial charge in [0, 0.05) is 0 Å². The Morgan fingerprint density at radius 3 is 1.05 bits per heavy atom. The lowest BCUT2D eigenvalue weighted by atomic mass is 11.2. The first-order valence-electron chi connectivity index (χ1n) is 6.81. The highest BCUT2D eigenvalue weighted by Crippen LogP contribution is 2.33. The summed E-state index contributed by atoms with van der Waals surface area (Å²) >= 11 is 0. The second-order valence-corrected chi connectivity index (χ2v) is 17.8.